The minimum atomic E-state index is 0.650. The van der Waals surface area contributed by atoms with E-state index in [1.54, 1.807) is 0 Å². The standard InChI is InChI=1S/C14H21N3S/c1-10(2)7-12-8-16-14(18-12)17-9-13-11(3)5-4-6-15-13/h4-6,10,12H,7-9H2,1-3H3,(H,16,17). The molecule has 4 heteroatoms. The van der Waals surface area contributed by atoms with Crippen molar-refractivity contribution in [3.8, 4) is 0 Å². The Morgan fingerprint density at radius 3 is 3.06 bits per heavy atom. The van der Waals surface area contributed by atoms with Crippen molar-refractivity contribution in [2.75, 3.05) is 6.54 Å². The number of nitrogens with zero attached hydrogens (tertiary/aromatic N) is 2. The van der Waals surface area contributed by atoms with Gasteiger partial charge in [-0.05, 0) is 30.9 Å². The Morgan fingerprint density at radius 1 is 1.50 bits per heavy atom. The molecule has 1 aromatic heterocycles. The third-order valence-corrected chi connectivity index (χ3v) is 4.15. The molecule has 18 heavy (non-hydrogen) atoms. The van der Waals surface area contributed by atoms with Crippen LogP contribution < -0.4 is 5.32 Å². The van der Waals surface area contributed by atoms with Crippen LogP contribution in [0.25, 0.3) is 0 Å². The smallest absolute Gasteiger partial charge is 0.157 e. The lowest BCUT2D eigenvalue weighted by atomic mass is 10.1. The summed E-state index contributed by atoms with van der Waals surface area (Å²) in [4.78, 5) is 8.94. The Labute approximate surface area is 113 Å². The number of thioether (sulfide) groups is 1. The van der Waals surface area contributed by atoms with Crippen molar-refractivity contribution in [3.63, 3.8) is 0 Å². The number of amidine groups is 1. The van der Waals surface area contributed by atoms with E-state index in [0.717, 1.165) is 29.9 Å². The molecular weight excluding hydrogens is 242 g/mol. The fourth-order valence-corrected chi connectivity index (χ4v) is 3.28. The lowest BCUT2D eigenvalue weighted by Crippen LogP contribution is -2.20. The Morgan fingerprint density at radius 2 is 2.33 bits per heavy atom. The molecule has 1 atom stereocenters. The van der Waals surface area contributed by atoms with E-state index in [0.29, 0.717) is 5.25 Å². The highest BCUT2D eigenvalue weighted by Gasteiger charge is 2.20. The number of hydrogen-bond acceptors (Lipinski definition) is 4. The summed E-state index contributed by atoms with van der Waals surface area (Å²) >= 11 is 1.88. The van der Waals surface area contributed by atoms with Gasteiger partial charge >= 0.3 is 0 Å². The molecule has 0 bridgehead atoms. The first kappa shape index (κ1) is 13.4. The van der Waals surface area contributed by atoms with Crippen molar-refractivity contribution in [2.24, 2.45) is 10.9 Å². The highest BCUT2D eigenvalue weighted by atomic mass is 32.2. The molecule has 0 aliphatic carbocycles. The highest BCUT2D eigenvalue weighted by molar-refractivity contribution is 8.14. The number of hydrogen-bond donors (Lipinski definition) is 1. The monoisotopic (exact) mass is 263 g/mol. The number of pyridine rings is 1. The molecule has 1 unspecified atom stereocenters. The number of aryl methyl sites for hydroxylation is 1. The number of aliphatic imine (C=N–C) groups is 1. The van der Waals surface area contributed by atoms with Crippen LogP contribution in [0, 0.1) is 12.8 Å². The Kier molecular flexibility index (Phi) is 4.64. The van der Waals surface area contributed by atoms with Gasteiger partial charge in [-0.25, -0.2) is 0 Å². The van der Waals surface area contributed by atoms with E-state index >= 15 is 0 Å². The molecule has 3 nitrogen and oxygen atoms in total. The maximum absolute atomic E-state index is 4.56. The third kappa shape index (κ3) is 3.73. The Hall–Kier alpha value is -1.03. The predicted octanol–water partition coefficient (Wildman–Crippen LogP) is 3.00. The second-order valence-electron chi connectivity index (χ2n) is 5.14. The van der Waals surface area contributed by atoms with Crippen LogP contribution in [0.2, 0.25) is 0 Å². The summed E-state index contributed by atoms with van der Waals surface area (Å²) in [5.74, 6) is 0.745. The second kappa shape index (κ2) is 6.23. The minimum Gasteiger partial charge on any atom is -0.359 e. The van der Waals surface area contributed by atoms with E-state index in [2.05, 4.69) is 42.1 Å². The summed E-state index contributed by atoms with van der Waals surface area (Å²) in [7, 11) is 0. The first-order valence-corrected chi connectivity index (χ1v) is 7.38. The molecule has 0 spiro atoms. The summed E-state index contributed by atoms with van der Waals surface area (Å²) < 4.78 is 0. The number of nitrogens with one attached hydrogen (secondary N) is 1. The van der Waals surface area contributed by atoms with Crippen molar-refractivity contribution in [3.05, 3.63) is 29.6 Å². The average Bonchev–Trinajstić information content (AvgIpc) is 2.75. The number of aromatic nitrogens is 1. The van der Waals surface area contributed by atoms with E-state index < -0.39 is 0 Å². The summed E-state index contributed by atoms with van der Waals surface area (Å²) in [5.41, 5.74) is 2.33. The molecule has 98 valence electrons. The van der Waals surface area contributed by atoms with E-state index in [1.807, 2.05) is 24.0 Å². The van der Waals surface area contributed by atoms with Gasteiger partial charge < -0.3 is 5.32 Å². The summed E-state index contributed by atoms with van der Waals surface area (Å²) in [6.07, 6.45) is 3.08. The van der Waals surface area contributed by atoms with Gasteiger partial charge in [0, 0.05) is 11.4 Å². The van der Waals surface area contributed by atoms with E-state index in [9.17, 15) is 0 Å². The summed E-state index contributed by atoms with van der Waals surface area (Å²) in [6, 6.07) is 4.06. The minimum absolute atomic E-state index is 0.650. The van der Waals surface area contributed by atoms with Crippen molar-refractivity contribution >= 4 is 16.9 Å². The van der Waals surface area contributed by atoms with E-state index in [-0.39, 0.29) is 0 Å². The third-order valence-electron chi connectivity index (χ3n) is 2.98. The lowest BCUT2D eigenvalue weighted by molar-refractivity contribution is 0.575. The maximum atomic E-state index is 4.56. The zero-order chi connectivity index (χ0) is 13.0. The van der Waals surface area contributed by atoms with Gasteiger partial charge in [0.1, 0.15) is 0 Å². The van der Waals surface area contributed by atoms with Crippen LogP contribution in [0.15, 0.2) is 23.3 Å². The van der Waals surface area contributed by atoms with Gasteiger partial charge in [-0.2, -0.15) is 0 Å². The van der Waals surface area contributed by atoms with Gasteiger partial charge in [0.2, 0.25) is 0 Å². The van der Waals surface area contributed by atoms with Gasteiger partial charge in [-0.3, -0.25) is 9.98 Å². The SMILES string of the molecule is Cc1cccnc1CNC1=NCC(CC(C)C)S1. The zero-order valence-corrected chi connectivity index (χ0v) is 12.1. The highest BCUT2D eigenvalue weighted by Crippen LogP contribution is 2.25. The van der Waals surface area contributed by atoms with Gasteiger partial charge in [-0.1, -0.05) is 31.7 Å². The molecular formula is C14H21N3S. The first-order chi connectivity index (χ1) is 8.65. The fraction of sp³-hybridized carbons (Fsp3) is 0.571. The Balaban J connectivity index is 1.80. The van der Waals surface area contributed by atoms with Crippen molar-refractivity contribution in [1.29, 1.82) is 0 Å². The molecule has 1 N–H and O–H groups in total. The molecule has 1 aromatic rings. The molecule has 0 saturated heterocycles. The van der Waals surface area contributed by atoms with Crippen LogP contribution in [-0.2, 0) is 6.54 Å². The molecule has 2 heterocycles. The van der Waals surface area contributed by atoms with Gasteiger partial charge in [0.25, 0.3) is 0 Å². The first-order valence-electron chi connectivity index (χ1n) is 6.50. The van der Waals surface area contributed by atoms with E-state index in [1.165, 1.54) is 12.0 Å². The largest absolute Gasteiger partial charge is 0.359 e. The average molecular weight is 263 g/mol. The van der Waals surface area contributed by atoms with Crippen LogP contribution in [0.5, 0.6) is 0 Å². The van der Waals surface area contributed by atoms with Gasteiger partial charge in [0.05, 0.1) is 18.8 Å². The fourth-order valence-electron chi connectivity index (χ4n) is 2.03. The zero-order valence-electron chi connectivity index (χ0n) is 11.3. The summed E-state index contributed by atoms with van der Waals surface area (Å²) in [6.45, 7) is 8.35. The topological polar surface area (TPSA) is 37.3 Å². The molecule has 0 amide bonds. The van der Waals surface area contributed by atoms with Crippen molar-refractivity contribution in [2.45, 2.75) is 39.0 Å². The molecule has 2 rings (SSSR count). The van der Waals surface area contributed by atoms with Crippen LogP contribution in [0.4, 0.5) is 0 Å². The molecule has 0 saturated carbocycles. The number of rotatable bonds is 4. The van der Waals surface area contributed by atoms with Gasteiger partial charge in [0.15, 0.2) is 5.17 Å². The predicted molar refractivity (Wildman–Crippen MR) is 78.9 cm³/mol. The molecule has 1 aliphatic rings. The second-order valence-corrected chi connectivity index (χ2v) is 6.42. The van der Waals surface area contributed by atoms with E-state index in [4.69, 9.17) is 0 Å². The lowest BCUT2D eigenvalue weighted by Gasteiger charge is -2.11. The molecule has 0 aromatic carbocycles. The van der Waals surface area contributed by atoms with Gasteiger partial charge in [-0.15, -0.1) is 0 Å². The van der Waals surface area contributed by atoms with Crippen LogP contribution in [-0.4, -0.2) is 21.9 Å². The molecule has 0 fully saturated rings. The van der Waals surface area contributed by atoms with Crippen LogP contribution >= 0.6 is 11.8 Å². The summed E-state index contributed by atoms with van der Waals surface area (Å²) in [5, 5.41) is 5.12. The van der Waals surface area contributed by atoms with Crippen molar-refractivity contribution in [1.82, 2.24) is 10.3 Å². The van der Waals surface area contributed by atoms with Crippen LogP contribution in [0.1, 0.15) is 31.5 Å². The Bertz CT molecular complexity index is 429. The van der Waals surface area contributed by atoms with Crippen LogP contribution in [0.3, 0.4) is 0 Å². The molecule has 1 aliphatic heterocycles. The quantitative estimate of drug-likeness (QED) is 0.907. The van der Waals surface area contributed by atoms with Crippen molar-refractivity contribution < 1.29 is 0 Å². The maximum Gasteiger partial charge on any atom is 0.157 e. The molecule has 0 radical (unpaired) electrons. The normalized spacial score (nSPS) is 19.1.